The summed E-state index contributed by atoms with van der Waals surface area (Å²) in [6.45, 7) is 2.45. The molecular weight excluding hydrogens is 274 g/mol. The first kappa shape index (κ1) is 16.4. The molecule has 1 saturated carbocycles. The van der Waals surface area contributed by atoms with E-state index in [1.165, 1.54) is 12.1 Å². The van der Waals surface area contributed by atoms with Crippen molar-refractivity contribution in [2.24, 2.45) is 0 Å². The molecular formula is C17H24F2O2. The first-order chi connectivity index (χ1) is 10.1. The largest absolute Gasteiger partial charge is 0.390 e. The fraction of sp³-hybridized carbons (Fsp3) is 0.647. The molecule has 0 amide bonds. The summed E-state index contributed by atoms with van der Waals surface area (Å²) in [5.74, 6) is -1.20. The summed E-state index contributed by atoms with van der Waals surface area (Å²) in [5.41, 5.74) is -0.251. The van der Waals surface area contributed by atoms with Gasteiger partial charge in [-0.1, -0.05) is 31.7 Å². The second-order valence-corrected chi connectivity index (χ2v) is 5.87. The van der Waals surface area contributed by atoms with Crippen molar-refractivity contribution in [1.82, 2.24) is 0 Å². The highest BCUT2D eigenvalue weighted by atomic mass is 19.1. The van der Waals surface area contributed by atoms with Gasteiger partial charge < -0.3 is 9.84 Å². The Labute approximate surface area is 125 Å². The van der Waals surface area contributed by atoms with Gasteiger partial charge >= 0.3 is 0 Å². The minimum absolute atomic E-state index is 0.159. The van der Waals surface area contributed by atoms with Crippen LogP contribution in [0.15, 0.2) is 18.2 Å². The highest BCUT2D eigenvalue weighted by Gasteiger charge is 2.39. The van der Waals surface area contributed by atoms with Gasteiger partial charge in [0.2, 0.25) is 0 Å². The second kappa shape index (κ2) is 7.32. The van der Waals surface area contributed by atoms with Crippen molar-refractivity contribution >= 4 is 0 Å². The normalized spacial score (nSPS) is 20.0. The molecule has 21 heavy (non-hydrogen) atoms. The standard InChI is InChI=1S/C17H24F2O2/c1-2-21-17(9-5-3-4-6-10-17)16(20)11-13-7-8-14(18)12-15(13)19/h7-8,12,16,20H,2-6,9-11H2,1H3. The minimum Gasteiger partial charge on any atom is -0.390 e. The molecule has 0 aromatic heterocycles. The van der Waals surface area contributed by atoms with Crippen LogP contribution >= 0.6 is 0 Å². The van der Waals surface area contributed by atoms with Crippen LogP contribution in [-0.4, -0.2) is 23.4 Å². The Morgan fingerprint density at radius 3 is 2.43 bits per heavy atom. The molecule has 2 rings (SSSR count). The Bertz CT molecular complexity index is 454. The first-order valence-electron chi connectivity index (χ1n) is 7.83. The monoisotopic (exact) mass is 298 g/mol. The topological polar surface area (TPSA) is 29.5 Å². The van der Waals surface area contributed by atoms with Gasteiger partial charge in [0, 0.05) is 19.1 Å². The quantitative estimate of drug-likeness (QED) is 0.833. The number of aliphatic hydroxyl groups excluding tert-OH is 1. The summed E-state index contributed by atoms with van der Waals surface area (Å²) < 4.78 is 32.6. The fourth-order valence-corrected chi connectivity index (χ4v) is 3.27. The van der Waals surface area contributed by atoms with Crippen molar-refractivity contribution in [3.05, 3.63) is 35.4 Å². The molecule has 1 unspecified atom stereocenters. The van der Waals surface area contributed by atoms with Crippen molar-refractivity contribution in [3.8, 4) is 0 Å². The van der Waals surface area contributed by atoms with E-state index in [4.69, 9.17) is 4.74 Å². The van der Waals surface area contributed by atoms with Gasteiger partial charge in [0.25, 0.3) is 0 Å². The molecule has 0 radical (unpaired) electrons. The molecule has 0 aliphatic heterocycles. The van der Waals surface area contributed by atoms with E-state index in [0.717, 1.165) is 44.6 Å². The van der Waals surface area contributed by atoms with Crippen molar-refractivity contribution in [2.45, 2.75) is 63.6 Å². The van der Waals surface area contributed by atoms with Crippen LogP contribution in [-0.2, 0) is 11.2 Å². The first-order valence-corrected chi connectivity index (χ1v) is 7.83. The van der Waals surface area contributed by atoms with Gasteiger partial charge in [0.1, 0.15) is 11.6 Å². The molecule has 0 spiro atoms. The molecule has 1 aliphatic rings. The van der Waals surface area contributed by atoms with Crippen molar-refractivity contribution in [1.29, 1.82) is 0 Å². The lowest BCUT2D eigenvalue weighted by atomic mass is 9.84. The smallest absolute Gasteiger partial charge is 0.129 e. The summed E-state index contributed by atoms with van der Waals surface area (Å²) >= 11 is 0. The van der Waals surface area contributed by atoms with Gasteiger partial charge in [-0.25, -0.2) is 8.78 Å². The van der Waals surface area contributed by atoms with Gasteiger partial charge in [-0.2, -0.15) is 0 Å². The molecule has 1 aliphatic carbocycles. The molecule has 1 N–H and O–H groups in total. The number of hydrogen-bond donors (Lipinski definition) is 1. The van der Waals surface area contributed by atoms with E-state index in [0.29, 0.717) is 12.2 Å². The van der Waals surface area contributed by atoms with Crippen LogP contribution in [0.1, 0.15) is 51.0 Å². The van der Waals surface area contributed by atoms with E-state index in [2.05, 4.69) is 0 Å². The SMILES string of the molecule is CCOC1(C(O)Cc2ccc(F)cc2F)CCCCCC1. The highest BCUT2D eigenvalue weighted by Crippen LogP contribution is 2.35. The van der Waals surface area contributed by atoms with E-state index in [1.807, 2.05) is 6.92 Å². The Balaban J connectivity index is 2.15. The Morgan fingerprint density at radius 2 is 1.86 bits per heavy atom. The van der Waals surface area contributed by atoms with Crippen LogP contribution in [0.25, 0.3) is 0 Å². The third kappa shape index (κ3) is 4.01. The molecule has 1 fully saturated rings. The Hall–Kier alpha value is -1.00. The zero-order valence-electron chi connectivity index (χ0n) is 12.6. The zero-order chi connectivity index (χ0) is 15.3. The molecule has 1 aromatic rings. The molecule has 0 saturated heterocycles. The van der Waals surface area contributed by atoms with Gasteiger partial charge in [-0.05, 0) is 31.4 Å². The number of benzene rings is 1. The molecule has 2 nitrogen and oxygen atoms in total. The summed E-state index contributed by atoms with van der Waals surface area (Å²) in [4.78, 5) is 0. The van der Waals surface area contributed by atoms with Crippen LogP contribution in [0, 0.1) is 11.6 Å². The van der Waals surface area contributed by atoms with Crippen molar-refractivity contribution in [3.63, 3.8) is 0 Å². The Morgan fingerprint density at radius 1 is 1.19 bits per heavy atom. The summed E-state index contributed by atoms with van der Waals surface area (Å²) in [6.07, 6.45) is 5.31. The maximum absolute atomic E-state index is 13.8. The molecule has 0 heterocycles. The number of halogens is 2. The highest BCUT2D eigenvalue weighted by molar-refractivity contribution is 5.20. The lowest BCUT2D eigenvalue weighted by molar-refractivity contribution is -0.128. The summed E-state index contributed by atoms with van der Waals surface area (Å²) in [6, 6.07) is 3.50. The molecule has 118 valence electrons. The fourth-order valence-electron chi connectivity index (χ4n) is 3.27. The molecule has 1 aromatic carbocycles. The number of aliphatic hydroxyl groups is 1. The predicted octanol–water partition coefficient (Wildman–Crippen LogP) is 4.00. The number of rotatable bonds is 5. The van der Waals surface area contributed by atoms with Gasteiger partial charge in [0.15, 0.2) is 0 Å². The number of hydrogen-bond acceptors (Lipinski definition) is 2. The van der Waals surface area contributed by atoms with E-state index in [9.17, 15) is 13.9 Å². The second-order valence-electron chi connectivity index (χ2n) is 5.87. The van der Waals surface area contributed by atoms with E-state index >= 15 is 0 Å². The maximum atomic E-state index is 13.8. The van der Waals surface area contributed by atoms with Crippen LogP contribution in [0.4, 0.5) is 8.78 Å². The van der Waals surface area contributed by atoms with Crippen LogP contribution in [0.2, 0.25) is 0 Å². The predicted molar refractivity (Wildman–Crippen MR) is 78.1 cm³/mol. The average molecular weight is 298 g/mol. The molecule has 1 atom stereocenters. The van der Waals surface area contributed by atoms with Gasteiger partial charge in [-0.15, -0.1) is 0 Å². The van der Waals surface area contributed by atoms with Gasteiger partial charge in [0.05, 0.1) is 11.7 Å². The molecule has 0 bridgehead atoms. The van der Waals surface area contributed by atoms with E-state index < -0.39 is 23.3 Å². The van der Waals surface area contributed by atoms with E-state index in [-0.39, 0.29) is 6.42 Å². The number of ether oxygens (including phenoxy) is 1. The summed E-state index contributed by atoms with van der Waals surface area (Å²) in [5, 5.41) is 10.6. The van der Waals surface area contributed by atoms with E-state index in [1.54, 1.807) is 0 Å². The zero-order valence-corrected chi connectivity index (χ0v) is 12.6. The lowest BCUT2D eigenvalue weighted by Gasteiger charge is -2.37. The lowest BCUT2D eigenvalue weighted by Crippen LogP contribution is -2.46. The average Bonchev–Trinajstić information content (AvgIpc) is 2.69. The maximum Gasteiger partial charge on any atom is 0.129 e. The van der Waals surface area contributed by atoms with Crippen LogP contribution in [0.3, 0.4) is 0 Å². The Kier molecular flexibility index (Phi) is 5.71. The van der Waals surface area contributed by atoms with Crippen molar-refractivity contribution < 1.29 is 18.6 Å². The van der Waals surface area contributed by atoms with Crippen LogP contribution in [0.5, 0.6) is 0 Å². The van der Waals surface area contributed by atoms with Gasteiger partial charge in [-0.3, -0.25) is 0 Å². The third-order valence-corrected chi connectivity index (χ3v) is 4.42. The van der Waals surface area contributed by atoms with Crippen molar-refractivity contribution in [2.75, 3.05) is 6.61 Å². The minimum atomic E-state index is -0.768. The summed E-state index contributed by atoms with van der Waals surface area (Å²) in [7, 11) is 0. The van der Waals surface area contributed by atoms with Crippen LogP contribution < -0.4 is 0 Å². The molecule has 4 heteroatoms. The third-order valence-electron chi connectivity index (χ3n) is 4.42.